The average Bonchev–Trinajstić information content (AvgIpc) is 2.72. The van der Waals surface area contributed by atoms with Gasteiger partial charge in [0.2, 0.25) is 0 Å². The number of rotatable bonds is 0. The SMILES string of the molecule is Oc1ccc2cc3c(cc2c1)oc1cc(Cl)ccc13. The molecule has 0 amide bonds. The van der Waals surface area contributed by atoms with Gasteiger partial charge in [-0.2, -0.15) is 0 Å². The summed E-state index contributed by atoms with van der Waals surface area (Å²) in [6, 6.07) is 15.0. The monoisotopic (exact) mass is 268 g/mol. The molecule has 4 aromatic rings. The Labute approximate surface area is 113 Å². The van der Waals surface area contributed by atoms with Crippen LogP contribution in [-0.2, 0) is 0 Å². The van der Waals surface area contributed by atoms with E-state index in [9.17, 15) is 5.11 Å². The number of aromatic hydroxyl groups is 1. The summed E-state index contributed by atoms with van der Waals surface area (Å²) in [5.41, 5.74) is 1.58. The number of fused-ring (bicyclic) bond motifs is 4. The minimum Gasteiger partial charge on any atom is -0.508 e. The summed E-state index contributed by atoms with van der Waals surface area (Å²) in [5, 5.41) is 14.3. The number of benzene rings is 3. The van der Waals surface area contributed by atoms with Crippen molar-refractivity contribution in [2.75, 3.05) is 0 Å². The van der Waals surface area contributed by atoms with E-state index in [1.54, 1.807) is 12.1 Å². The zero-order chi connectivity index (χ0) is 13.0. The van der Waals surface area contributed by atoms with Crippen LogP contribution in [0.4, 0.5) is 0 Å². The molecule has 1 aromatic heterocycles. The fraction of sp³-hybridized carbons (Fsp3) is 0. The van der Waals surface area contributed by atoms with Crippen molar-refractivity contribution >= 4 is 44.3 Å². The van der Waals surface area contributed by atoms with Gasteiger partial charge >= 0.3 is 0 Å². The first-order chi connectivity index (χ1) is 9.20. The average molecular weight is 269 g/mol. The zero-order valence-electron chi connectivity index (χ0n) is 9.85. The summed E-state index contributed by atoms with van der Waals surface area (Å²) < 4.78 is 5.82. The highest BCUT2D eigenvalue weighted by molar-refractivity contribution is 6.31. The van der Waals surface area contributed by atoms with Gasteiger partial charge in [0.15, 0.2) is 0 Å². The van der Waals surface area contributed by atoms with Crippen LogP contribution in [0, 0.1) is 0 Å². The third-order valence-corrected chi connectivity index (χ3v) is 3.61. The van der Waals surface area contributed by atoms with Crippen molar-refractivity contribution in [3.8, 4) is 5.75 Å². The zero-order valence-corrected chi connectivity index (χ0v) is 10.6. The van der Waals surface area contributed by atoms with Crippen LogP contribution in [0.3, 0.4) is 0 Å². The van der Waals surface area contributed by atoms with Crippen LogP contribution in [0.1, 0.15) is 0 Å². The van der Waals surface area contributed by atoms with Gasteiger partial charge in [0.1, 0.15) is 16.9 Å². The molecule has 0 fully saturated rings. The number of furan rings is 1. The Morgan fingerprint density at radius 1 is 0.789 bits per heavy atom. The molecular weight excluding hydrogens is 260 g/mol. The van der Waals surface area contributed by atoms with Crippen LogP contribution in [0.5, 0.6) is 5.75 Å². The van der Waals surface area contributed by atoms with Gasteiger partial charge in [0.05, 0.1) is 0 Å². The molecule has 0 aliphatic heterocycles. The van der Waals surface area contributed by atoms with E-state index in [4.69, 9.17) is 16.0 Å². The lowest BCUT2D eigenvalue weighted by molar-refractivity contribution is 0.476. The Morgan fingerprint density at radius 2 is 1.63 bits per heavy atom. The molecule has 1 N–H and O–H groups in total. The topological polar surface area (TPSA) is 33.4 Å². The maximum absolute atomic E-state index is 9.53. The van der Waals surface area contributed by atoms with Crippen LogP contribution >= 0.6 is 11.6 Å². The van der Waals surface area contributed by atoms with Crippen molar-refractivity contribution in [2.45, 2.75) is 0 Å². The highest BCUT2D eigenvalue weighted by Crippen LogP contribution is 2.34. The summed E-state index contributed by atoms with van der Waals surface area (Å²) >= 11 is 5.98. The van der Waals surface area contributed by atoms with E-state index in [1.807, 2.05) is 30.3 Å². The predicted molar refractivity (Wildman–Crippen MR) is 77.9 cm³/mol. The van der Waals surface area contributed by atoms with Gasteiger partial charge in [-0.1, -0.05) is 17.7 Å². The lowest BCUT2D eigenvalue weighted by Gasteiger charge is -1.98. The van der Waals surface area contributed by atoms with Gasteiger partial charge in [-0.05, 0) is 47.2 Å². The van der Waals surface area contributed by atoms with Gasteiger partial charge in [-0.3, -0.25) is 0 Å². The number of halogens is 1. The molecule has 0 aliphatic carbocycles. The first kappa shape index (κ1) is 10.7. The summed E-state index contributed by atoms with van der Waals surface area (Å²) in [5.74, 6) is 0.256. The molecule has 92 valence electrons. The molecule has 1 heterocycles. The maximum Gasteiger partial charge on any atom is 0.136 e. The van der Waals surface area contributed by atoms with E-state index in [0.29, 0.717) is 5.02 Å². The summed E-state index contributed by atoms with van der Waals surface area (Å²) in [6.07, 6.45) is 0. The summed E-state index contributed by atoms with van der Waals surface area (Å²) in [4.78, 5) is 0. The Hall–Kier alpha value is -2.19. The first-order valence-electron chi connectivity index (χ1n) is 5.95. The molecule has 0 spiro atoms. The molecule has 2 nitrogen and oxygen atoms in total. The van der Waals surface area contributed by atoms with Crippen LogP contribution in [0.2, 0.25) is 5.02 Å². The van der Waals surface area contributed by atoms with Gasteiger partial charge in [-0.25, -0.2) is 0 Å². The van der Waals surface area contributed by atoms with E-state index < -0.39 is 0 Å². The van der Waals surface area contributed by atoms with Crippen LogP contribution in [0.15, 0.2) is 52.9 Å². The second-order valence-corrected chi connectivity index (χ2v) is 5.06. The Balaban J connectivity index is 2.19. The van der Waals surface area contributed by atoms with Gasteiger partial charge < -0.3 is 9.52 Å². The molecule has 3 heteroatoms. The third-order valence-electron chi connectivity index (χ3n) is 3.38. The molecule has 0 atom stereocenters. The second-order valence-electron chi connectivity index (χ2n) is 4.62. The molecule has 0 radical (unpaired) electrons. The third kappa shape index (κ3) is 1.57. The Kier molecular flexibility index (Phi) is 2.06. The van der Waals surface area contributed by atoms with Gasteiger partial charge in [0.25, 0.3) is 0 Å². The van der Waals surface area contributed by atoms with Gasteiger partial charge in [0, 0.05) is 21.9 Å². The summed E-state index contributed by atoms with van der Waals surface area (Å²) in [7, 11) is 0. The fourth-order valence-corrected chi connectivity index (χ4v) is 2.64. The predicted octanol–water partition coefficient (Wildman–Crippen LogP) is 5.10. The van der Waals surface area contributed by atoms with E-state index in [-0.39, 0.29) is 5.75 Å². The molecular formula is C16H9ClO2. The molecule has 0 bridgehead atoms. The van der Waals surface area contributed by atoms with E-state index in [2.05, 4.69) is 6.07 Å². The van der Waals surface area contributed by atoms with Crippen molar-refractivity contribution in [1.29, 1.82) is 0 Å². The smallest absolute Gasteiger partial charge is 0.136 e. The standard InChI is InChI=1S/C16H9ClO2/c17-11-2-4-13-14-6-9-1-3-12(18)5-10(9)7-15(14)19-16(13)8-11/h1-8,18H. The van der Waals surface area contributed by atoms with Crippen molar-refractivity contribution in [1.82, 2.24) is 0 Å². The largest absolute Gasteiger partial charge is 0.508 e. The minimum absolute atomic E-state index is 0.256. The van der Waals surface area contributed by atoms with Crippen molar-refractivity contribution < 1.29 is 9.52 Å². The van der Waals surface area contributed by atoms with E-state index in [0.717, 1.165) is 32.7 Å². The van der Waals surface area contributed by atoms with Crippen LogP contribution in [0.25, 0.3) is 32.7 Å². The number of hydrogen-bond acceptors (Lipinski definition) is 2. The lowest BCUT2D eigenvalue weighted by atomic mass is 10.1. The molecule has 0 aliphatic rings. The maximum atomic E-state index is 9.53. The highest BCUT2D eigenvalue weighted by Gasteiger charge is 2.08. The number of phenolic OH excluding ortho intramolecular Hbond substituents is 1. The molecule has 3 aromatic carbocycles. The lowest BCUT2D eigenvalue weighted by Crippen LogP contribution is -1.73. The molecule has 0 saturated carbocycles. The normalized spacial score (nSPS) is 11.6. The van der Waals surface area contributed by atoms with E-state index in [1.165, 1.54) is 0 Å². The van der Waals surface area contributed by atoms with Crippen LogP contribution in [-0.4, -0.2) is 5.11 Å². The molecule has 4 rings (SSSR count). The van der Waals surface area contributed by atoms with Crippen molar-refractivity contribution in [3.05, 3.63) is 53.6 Å². The van der Waals surface area contributed by atoms with Gasteiger partial charge in [-0.15, -0.1) is 0 Å². The van der Waals surface area contributed by atoms with E-state index >= 15 is 0 Å². The second kappa shape index (κ2) is 3.65. The fourth-order valence-electron chi connectivity index (χ4n) is 2.48. The minimum atomic E-state index is 0.256. The van der Waals surface area contributed by atoms with Crippen molar-refractivity contribution in [3.63, 3.8) is 0 Å². The number of hydrogen-bond donors (Lipinski definition) is 1. The number of phenols is 1. The van der Waals surface area contributed by atoms with Crippen LogP contribution < -0.4 is 0 Å². The Morgan fingerprint density at radius 3 is 2.53 bits per heavy atom. The molecule has 19 heavy (non-hydrogen) atoms. The Bertz CT molecular complexity index is 929. The highest BCUT2D eigenvalue weighted by atomic mass is 35.5. The molecule has 0 unspecified atom stereocenters. The van der Waals surface area contributed by atoms with Crippen molar-refractivity contribution in [2.24, 2.45) is 0 Å². The molecule has 0 saturated heterocycles. The first-order valence-corrected chi connectivity index (χ1v) is 6.33. The summed E-state index contributed by atoms with van der Waals surface area (Å²) in [6.45, 7) is 0. The quantitative estimate of drug-likeness (QED) is 0.481.